The largest absolute Gasteiger partial charge is 0.483 e. The van der Waals surface area contributed by atoms with Gasteiger partial charge in [0.1, 0.15) is 5.82 Å². The fourth-order valence-corrected chi connectivity index (χ4v) is 4.92. The fourth-order valence-electron chi connectivity index (χ4n) is 4.92. The van der Waals surface area contributed by atoms with E-state index in [1.807, 2.05) is 0 Å². The van der Waals surface area contributed by atoms with Gasteiger partial charge < -0.3 is 14.9 Å². The van der Waals surface area contributed by atoms with E-state index in [0.717, 1.165) is 25.9 Å². The van der Waals surface area contributed by atoms with E-state index in [9.17, 15) is 22.4 Å². The number of hydrogen-bond donors (Lipinski definition) is 1. The van der Waals surface area contributed by atoms with Crippen molar-refractivity contribution in [3.05, 3.63) is 52.6 Å². The van der Waals surface area contributed by atoms with E-state index in [4.69, 9.17) is 9.90 Å². The molecule has 0 saturated carbocycles. The number of alkyl halides is 3. The highest BCUT2D eigenvalue weighted by molar-refractivity contribution is 5.76. The number of rotatable bonds is 5. The van der Waals surface area contributed by atoms with Crippen LogP contribution in [0.1, 0.15) is 55.6 Å². The van der Waals surface area contributed by atoms with Crippen molar-refractivity contribution in [3.8, 4) is 0 Å². The first-order valence-electron chi connectivity index (χ1n) is 12.0. The Labute approximate surface area is 207 Å². The molecule has 2 aliphatic heterocycles. The van der Waals surface area contributed by atoms with Gasteiger partial charge in [-0.1, -0.05) is 12.1 Å². The summed E-state index contributed by atoms with van der Waals surface area (Å²) in [6.07, 6.45) is -1.97. The number of benzene rings is 1. The van der Waals surface area contributed by atoms with Crippen LogP contribution in [0.15, 0.2) is 24.3 Å². The fraction of sp³-hybridized carbons (Fsp3) is 0.560. The van der Waals surface area contributed by atoms with Crippen LogP contribution in [0.4, 0.5) is 17.6 Å². The maximum Gasteiger partial charge on any atom is 0.435 e. The van der Waals surface area contributed by atoms with Crippen molar-refractivity contribution in [2.45, 2.75) is 64.8 Å². The Morgan fingerprint density at radius 3 is 2.50 bits per heavy atom. The van der Waals surface area contributed by atoms with Crippen molar-refractivity contribution in [1.29, 1.82) is 0 Å². The van der Waals surface area contributed by atoms with E-state index in [-0.39, 0.29) is 49.9 Å². The molecule has 1 saturated heterocycles. The van der Waals surface area contributed by atoms with E-state index in [2.05, 4.69) is 23.8 Å². The molecule has 4 rings (SSSR count). The Morgan fingerprint density at radius 2 is 1.89 bits per heavy atom. The molecule has 0 spiro atoms. The molecule has 198 valence electrons. The van der Waals surface area contributed by atoms with Gasteiger partial charge in [-0.25, -0.2) is 4.39 Å². The summed E-state index contributed by atoms with van der Waals surface area (Å²) < 4.78 is 55.5. The van der Waals surface area contributed by atoms with E-state index < -0.39 is 17.7 Å². The van der Waals surface area contributed by atoms with E-state index in [0.29, 0.717) is 23.7 Å². The third kappa shape index (κ3) is 6.83. The molecular weight excluding hydrogens is 480 g/mol. The van der Waals surface area contributed by atoms with Gasteiger partial charge in [0.25, 0.3) is 6.47 Å². The van der Waals surface area contributed by atoms with Crippen molar-refractivity contribution < 1.29 is 32.3 Å². The van der Waals surface area contributed by atoms with Gasteiger partial charge >= 0.3 is 6.18 Å². The summed E-state index contributed by atoms with van der Waals surface area (Å²) in [5.74, 6) is -0.156. The summed E-state index contributed by atoms with van der Waals surface area (Å²) in [7, 11) is 0. The second kappa shape index (κ2) is 11.9. The van der Waals surface area contributed by atoms with Crippen LogP contribution in [0.25, 0.3) is 0 Å². The van der Waals surface area contributed by atoms with E-state index in [1.54, 1.807) is 4.90 Å². The first-order valence-corrected chi connectivity index (χ1v) is 12.0. The van der Waals surface area contributed by atoms with Gasteiger partial charge in [0.05, 0.1) is 18.8 Å². The third-order valence-corrected chi connectivity index (χ3v) is 6.75. The minimum atomic E-state index is -4.56. The number of likely N-dealkylation sites (tertiary alicyclic amines) is 1. The summed E-state index contributed by atoms with van der Waals surface area (Å²) in [6.45, 7) is 6.43. The lowest BCUT2D eigenvalue weighted by Crippen LogP contribution is -2.43. The third-order valence-electron chi connectivity index (χ3n) is 6.75. The quantitative estimate of drug-likeness (QED) is 0.480. The predicted octanol–water partition coefficient (Wildman–Crippen LogP) is 4.19. The summed E-state index contributed by atoms with van der Waals surface area (Å²) in [6, 6.07) is 6.05. The molecular formula is C25H32F4N4O3. The van der Waals surface area contributed by atoms with Crippen LogP contribution >= 0.6 is 0 Å². The van der Waals surface area contributed by atoms with Crippen molar-refractivity contribution >= 4 is 12.4 Å². The van der Waals surface area contributed by atoms with Crippen LogP contribution in [-0.4, -0.2) is 62.7 Å². The average molecular weight is 513 g/mol. The number of carbonyl (C=O) groups is 2. The van der Waals surface area contributed by atoms with Gasteiger partial charge in [-0.3, -0.25) is 14.3 Å². The highest BCUT2D eigenvalue weighted by Crippen LogP contribution is 2.35. The molecule has 1 fully saturated rings. The Hall–Kier alpha value is -2.95. The minimum Gasteiger partial charge on any atom is -0.483 e. The molecule has 0 radical (unpaired) electrons. The number of nitrogens with zero attached hydrogens (tertiary/aromatic N) is 4. The number of aromatic nitrogens is 2. The second-order valence-electron chi connectivity index (χ2n) is 9.53. The zero-order valence-corrected chi connectivity index (χ0v) is 20.5. The van der Waals surface area contributed by atoms with Crippen LogP contribution in [0.3, 0.4) is 0 Å². The van der Waals surface area contributed by atoms with Gasteiger partial charge in [-0.15, -0.1) is 0 Å². The highest BCUT2D eigenvalue weighted by atomic mass is 19.4. The minimum absolute atomic E-state index is 0.0145. The molecule has 1 aromatic carbocycles. The topological polar surface area (TPSA) is 78.7 Å². The molecule has 1 amide bonds. The van der Waals surface area contributed by atoms with Crippen molar-refractivity contribution in [2.75, 3.05) is 19.6 Å². The Bertz CT molecular complexity index is 1040. The van der Waals surface area contributed by atoms with Crippen molar-refractivity contribution in [1.82, 2.24) is 19.6 Å². The Kier molecular flexibility index (Phi) is 9.10. The molecule has 0 bridgehead atoms. The number of halogens is 4. The molecule has 1 aromatic heterocycles. The van der Waals surface area contributed by atoms with Gasteiger partial charge in [-0.2, -0.15) is 18.3 Å². The maximum absolute atomic E-state index is 13.6. The van der Waals surface area contributed by atoms with E-state index >= 15 is 0 Å². The maximum atomic E-state index is 13.6. The number of amides is 1. The molecule has 2 aromatic rings. The average Bonchev–Trinajstić information content (AvgIpc) is 3.19. The SMILES string of the molecule is CC(C)N1CCCC(CC(=O)N2CCc3c(C(F)(F)F)nn(Cc4ccc(F)cc4)c3C2)C1.O=CO. The summed E-state index contributed by atoms with van der Waals surface area (Å²) in [5.41, 5.74) is 0.345. The molecule has 2 aliphatic rings. The number of fused-ring (bicyclic) bond motifs is 1. The first-order chi connectivity index (χ1) is 17.0. The molecule has 36 heavy (non-hydrogen) atoms. The number of carbonyl (C=O) groups excluding carboxylic acids is 1. The molecule has 3 heterocycles. The zero-order chi connectivity index (χ0) is 26.5. The molecule has 0 aliphatic carbocycles. The van der Waals surface area contributed by atoms with E-state index in [1.165, 1.54) is 28.9 Å². The normalized spacial score (nSPS) is 18.4. The van der Waals surface area contributed by atoms with Crippen LogP contribution < -0.4 is 0 Å². The predicted molar refractivity (Wildman–Crippen MR) is 125 cm³/mol. The van der Waals surface area contributed by atoms with Crippen LogP contribution in [-0.2, 0) is 35.3 Å². The standard InChI is InChI=1S/C24H30F4N4O.CH2O2/c1-16(2)30-10-3-4-18(13-30)12-22(33)31-11-9-20-21(15-31)32(29-23(20)24(26,27)28)14-17-5-7-19(25)8-6-17;2-1-3/h5-8,16,18H,3-4,9-15H2,1-2H3;1H,(H,2,3). The van der Waals surface area contributed by atoms with Crippen LogP contribution in [0.5, 0.6) is 0 Å². The zero-order valence-electron chi connectivity index (χ0n) is 20.5. The molecule has 7 nitrogen and oxygen atoms in total. The number of piperidine rings is 1. The van der Waals surface area contributed by atoms with Gasteiger partial charge in [0.15, 0.2) is 5.69 Å². The highest BCUT2D eigenvalue weighted by Gasteiger charge is 2.41. The molecule has 1 atom stereocenters. The Morgan fingerprint density at radius 1 is 1.22 bits per heavy atom. The molecule has 1 unspecified atom stereocenters. The van der Waals surface area contributed by atoms with Crippen LogP contribution in [0, 0.1) is 11.7 Å². The van der Waals surface area contributed by atoms with Gasteiger partial charge in [0.2, 0.25) is 5.91 Å². The van der Waals surface area contributed by atoms with Crippen molar-refractivity contribution in [2.24, 2.45) is 5.92 Å². The number of carboxylic acid groups (broad SMARTS) is 1. The smallest absolute Gasteiger partial charge is 0.435 e. The summed E-state index contributed by atoms with van der Waals surface area (Å²) in [4.78, 5) is 25.5. The second-order valence-corrected chi connectivity index (χ2v) is 9.53. The number of hydrogen-bond acceptors (Lipinski definition) is 4. The monoisotopic (exact) mass is 512 g/mol. The Balaban J connectivity index is 0.00000115. The lowest BCUT2D eigenvalue weighted by molar-refractivity contribution is -0.142. The first kappa shape index (κ1) is 27.6. The molecule has 11 heteroatoms. The van der Waals surface area contributed by atoms with Gasteiger partial charge in [-0.05, 0) is 63.3 Å². The van der Waals surface area contributed by atoms with Crippen molar-refractivity contribution in [3.63, 3.8) is 0 Å². The molecule has 1 N–H and O–H groups in total. The van der Waals surface area contributed by atoms with Gasteiger partial charge in [0, 0.05) is 31.1 Å². The lowest BCUT2D eigenvalue weighted by Gasteiger charge is -2.36. The summed E-state index contributed by atoms with van der Waals surface area (Å²) >= 11 is 0. The van der Waals surface area contributed by atoms with Crippen LogP contribution in [0.2, 0.25) is 0 Å². The lowest BCUT2D eigenvalue weighted by atomic mass is 9.93. The summed E-state index contributed by atoms with van der Waals surface area (Å²) in [5, 5.41) is 10.8.